The highest BCUT2D eigenvalue weighted by Crippen LogP contribution is 2.49. The molecule has 2 bridgehead atoms. The van der Waals surface area contributed by atoms with Crippen LogP contribution in [-0.4, -0.2) is 39.1 Å². The highest BCUT2D eigenvalue weighted by Gasteiger charge is 2.42. The molecule has 1 amide bonds. The molecule has 1 heterocycles. The van der Waals surface area contributed by atoms with Gasteiger partial charge in [0, 0.05) is 18.2 Å². The van der Waals surface area contributed by atoms with Gasteiger partial charge in [-0.25, -0.2) is 0 Å². The van der Waals surface area contributed by atoms with Gasteiger partial charge < -0.3 is 10.1 Å². The monoisotopic (exact) mass is 490 g/mol. The van der Waals surface area contributed by atoms with Gasteiger partial charge in [-0.05, 0) is 80.7 Å². The number of nitrogens with zero attached hydrogens (tertiary/aromatic N) is 3. The fourth-order valence-corrected chi connectivity index (χ4v) is 6.63. The van der Waals surface area contributed by atoms with Crippen LogP contribution in [-0.2, 0) is 11.2 Å². The second-order valence-corrected chi connectivity index (χ2v) is 10.7. The summed E-state index contributed by atoms with van der Waals surface area (Å²) in [5.41, 5.74) is 2.13. The zero-order chi connectivity index (χ0) is 24.2. The van der Waals surface area contributed by atoms with E-state index in [1.54, 1.807) is 0 Å². The lowest BCUT2D eigenvalue weighted by atomic mass is 9.84. The molecule has 2 fully saturated rings. The van der Waals surface area contributed by atoms with Crippen molar-refractivity contribution in [2.75, 3.05) is 12.4 Å². The van der Waals surface area contributed by atoms with Crippen molar-refractivity contribution in [1.29, 1.82) is 0 Å². The van der Waals surface area contributed by atoms with E-state index in [1.165, 1.54) is 43.0 Å². The van der Waals surface area contributed by atoms with Gasteiger partial charge in [-0.1, -0.05) is 48.5 Å². The van der Waals surface area contributed by atoms with Crippen LogP contribution in [0.15, 0.2) is 59.8 Å². The maximum atomic E-state index is 12.8. The smallest absolute Gasteiger partial charge is 0.230 e. The lowest BCUT2D eigenvalue weighted by Gasteiger charge is -2.28. The Kier molecular flexibility index (Phi) is 7.42. The molecule has 7 heteroatoms. The first kappa shape index (κ1) is 23.9. The van der Waals surface area contributed by atoms with Crippen LogP contribution >= 0.6 is 11.8 Å². The molecule has 35 heavy (non-hydrogen) atoms. The van der Waals surface area contributed by atoms with Gasteiger partial charge in [0.2, 0.25) is 5.91 Å². The normalized spacial score (nSPS) is 21.7. The van der Waals surface area contributed by atoms with Crippen LogP contribution in [0.4, 0.5) is 0 Å². The number of fused-ring (bicyclic) bond motifs is 2. The van der Waals surface area contributed by atoms with Crippen LogP contribution in [0.1, 0.15) is 50.9 Å². The molecule has 4 unspecified atom stereocenters. The maximum Gasteiger partial charge on any atom is 0.230 e. The molecule has 3 aromatic rings. The van der Waals surface area contributed by atoms with Crippen molar-refractivity contribution in [3.05, 3.63) is 66.0 Å². The molecule has 1 aromatic heterocycles. The summed E-state index contributed by atoms with van der Waals surface area (Å²) >= 11 is 1.44. The van der Waals surface area contributed by atoms with Crippen LogP contribution in [0, 0.1) is 17.8 Å². The number of ether oxygens (including phenoxy) is 1. The number of nitrogens with one attached hydrogen (secondary N) is 1. The second kappa shape index (κ2) is 10.9. The van der Waals surface area contributed by atoms with Gasteiger partial charge in [-0.3, -0.25) is 9.36 Å². The number of amides is 1. The summed E-state index contributed by atoms with van der Waals surface area (Å²) in [6.45, 7) is 4.78. The number of hydrogen-bond donors (Lipinski definition) is 1. The molecular weight excluding hydrogens is 456 g/mol. The first-order chi connectivity index (χ1) is 17.1. The molecule has 0 spiro atoms. The Morgan fingerprint density at radius 1 is 1.11 bits per heavy atom. The number of rotatable bonds is 10. The highest BCUT2D eigenvalue weighted by atomic mass is 32.2. The molecule has 2 aromatic carbocycles. The molecule has 5 rings (SSSR count). The summed E-state index contributed by atoms with van der Waals surface area (Å²) in [5, 5.41) is 13.0. The largest absolute Gasteiger partial charge is 0.494 e. The van der Waals surface area contributed by atoms with Gasteiger partial charge in [-0.2, -0.15) is 0 Å². The van der Waals surface area contributed by atoms with Crippen LogP contribution in [0.5, 0.6) is 5.75 Å². The quantitative estimate of drug-likeness (QED) is 0.391. The lowest BCUT2D eigenvalue weighted by molar-refractivity contribution is -0.119. The third-order valence-electron chi connectivity index (χ3n) is 7.47. The second-order valence-electron chi connectivity index (χ2n) is 9.81. The molecule has 2 aliphatic rings. The average Bonchev–Trinajstić information content (AvgIpc) is 3.60. The van der Waals surface area contributed by atoms with E-state index in [-0.39, 0.29) is 11.9 Å². The lowest BCUT2D eigenvalue weighted by Crippen LogP contribution is -2.40. The van der Waals surface area contributed by atoms with Crippen molar-refractivity contribution in [3.63, 3.8) is 0 Å². The van der Waals surface area contributed by atoms with Gasteiger partial charge in [0.1, 0.15) is 11.6 Å². The summed E-state index contributed by atoms with van der Waals surface area (Å²) in [6.07, 6.45) is 6.00. The minimum atomic E-state index is 0.0659. The Labute approximate surface area is 211 Å². The van der Waals surface area contributed by atoms with Crippen molar-refractivity contribution in [1.82, 2.24) is 20.1 Å². The number of carbonyl (C=O) groups is 1. The summed E-state index contributed by atoms with van der Waals surface area (Å²) in [6, 6.07) is 18.5. The Morgan fingerprint density at radius 3 is 2.60 bits per heavy atom. The summed E-state index contributed by atoms with van der Waals surface area (Å²) < 4.78 is 7.67. The topological polar surface area (TPSA) is 69.0 Å². The molecule has 0 aliphatic heterocycles. The summed E-state index contributed by atoms with van der Waals surface area (Å²) in [5.74, 6) is 4.38. The molecule has 0 saturated heterocycles. The molecule has 2 aliphatic carbocycles. The third kappa shape index (κ3) is 5.56. The van der Waals surface area contributed by atoms with E-state index in [0.717, 1.165) is 34.3 Å². The minimum absolute atomic E-state index is 0.0659. The molecular formula is C28H34N4O2S. The van der Waals surface area contributed by atoms with Gasteiger partial charge in [0.05, 0.1) is 12.4 Å². The van der Waals surface area contributed by atoms with Gasteiger partial charge in [0.25, 0.3) is 0 Å². The van der Waals surface area contributed by atoms with E-state index in [0.29, 0.717) is 24.7 Å². The number of carbonyl (C=O) groups excluding carboxylic acids is 1. The first-order valence-corrected chi connectivity index (χ1v) is 13.7. The molecule has 1 N–H and O–H groups in total. The summed E-state index contributed by atoms with van der Waals surface area (Å²) in [4.78, 5) is 12.8. The zero-order valence-corrected chi connectivity index (χ0v) is 21.3. The Bertz CT molecular complexity index is 1130. The van der Waals surface area contributed by atoms with Gasteiger partial charge >= 0.3 is 0 Å². The van der Waals surface area contributed by atoms with E-state index >= 15 is 0 Å². The molecule has 4 atom stereocenters. The summed E-state index contributed by atoms with van der Waals surface area (Å²) in [7, 11) is 0. The van der Waals surface area contributed by atoms with Crippen LogP contribution < -0.4 is 10.1 Å². The van der Waals surface area contributed by atoms with Crippen molar-refractivity contribution >= 4 is 17.7 Å². The fourth-order valence-electron chi connectivity index (χ4n) is 5.84. The SMILES string of the molecule is CCOc1ccc(-n2c(Cc3ccccc3)nnc2SCC(=O)NC(C)C2CC3CCC2C3)cc1. The maximum absolute atomic E-state index is 12.8. The van der Waals surface area contributed by atoms with Crippen molar-refractivity contribution < 1.29 is 9.53 Å². The van der Waals surface area contributed by atoms with E-state index in [2.05, 4.69) is 39.1 Å². The number of aromatic nitrogens is 3. The van der Waals surface area contributed by atoms with Crippen molar-refractivity contribution in [3.8, 4) is 11.4 Å². The van der Waals surface area contributed by atoms with Gasteiger partial charge in [0.15, 0.2) is 5.16 Å². The average molecular weight is 491 g/mol. The van der Waals surface area contributed by atoms with Gasteiger partial charge in [-0.15, -0.1) is 10.2 Å². The molecule has 184 valence electrons. The predicted molar refractivity (Wildman–Crippen MR) is 139 cm³/mol. The Hall–Kier alpha value is -2.80. The minimum Gasteiger partial charge on any atom is -0.494 e. The number of benzene rings is 2. The van der Waals surface area contributed by atoms with E-state index < -0.39 is 0 Å². The Balaban J connectivity index is 1.29. The van der Waals surface area contributed by atoms with E-state index in [9.17, 15) is 4.79 Å². The van der Waals surface area contributed by atoms with E-state index in [1.807, 2.05) is 49.4 Å². The number of thioether (sulfide) groups is 1. The number of hydrogen-bond acceptors (Lipinski definition) is 5. The van der Waals surface area contributed by atoms with Crippen molar-refractivity contribution in [2.45, 2.75) is 57.1 Å². The third-order valence-corrected chi connectivity index (χ3v) is 8.40. The molecule has 2 saturated carbocycles. The van der Waals surface area contributed by atoms with Crippen LogP contribution in [0.2, 0.25) is 0 Å². The zero-order valence-electron chi connectivity index (χ0n) is 20.5. The fraction of sp³-hybridized carbons (Fsp3) is 0.464. The Morgan fingerprint density at radius 2 is 1.91 bits per heavy atom. The first-order valence-electron chi connectivity index (χ1n) is 12.7. The van der Waals surface area contributed by atoms with Crippen LogP contribution in [0.25, 0.3) is 5.69 Å². The van der Waals surface area contributed by atoms with Crippen molar-refractivity contribution in [2.24, 2.45) is 17.8 Å². The van der Waals surface area contributed by atoms with E-state index in [4.69, 9.17) is 4.74 Å². The highest BCUT2D eigenvalue weighted by molar-refractivity contribution is 7.99. The standard InChI is InChI=1S/C28H34N4O2S/c1-3-34-24-13-11-23(12-14-24)32-26(17-20-7-5-4-6-8-20)30-31-28(32)35-18-27(33)29-19(2)25-16-21-9-10-22(25)15-21/h4-8,11-14,19,21-22,25H,3,9-10,15-18H2,1-2H3,(H,29,33). The predicted octanol–water partition coefficient (Wildman–Crippen LogP) is 5.29. The molecule has 6 nitrogen and oxygen atoms in total. The molecule has 0 radical (unpaired) electrons. The van der Waals surface area contributed by atoms with Crippen LogP contribution in [0.3, 0.4) is 0 Å².